The molecule has 2 aliphatic carbocycles. The second kappa shape index (κ2) is 9.73. The maximum absolute atomic E-state index is 13.7. The highest BCUT2D eigenvalue weighted by Gasteiger charge is 2.69. The number of methoxy groups -OCH3 is 1. The lowest BCUT2D eigenvalue weighted by Gasteiger charge is -2.43. The number of alkyl halides is 3. The number of aromatic nitrogens is 1. The number of benzene rings is 2. The largest absolute Gasteiger partial charge is 0.497 e. The zero-order chi connectivity index (χ0) is 29.5. The normalized spacial score (nSPS) is 29.3. The van der Waals surface area contributed by atoms with Crippen LogP contribution in [0.15, 0.2) is 58.4 Å². The number of likely N-dealkylation sites (tertiary alicyclic amines) is 1. The molecule has 2 bridgehead atoms. The van der Waals surface area contributed by atoms with Crippen LogP contribution in [0.2, 0.25) is 0 Å². The van der Waals surface area contributed by atoms with Crippen LogP contribution in [0.3, 0.4) is 0 Å². The summed E-state index contributed by atoms with van der Waals surface area (Å²) in [7, 11) is 1.59. The first-order chi connectivity index (χ1) is 20.0. The van der Waals surface area contributed by atoms with Crippen molar-refractivity contribution in [2.45, 2.75) is 28.8 Å². The summed E-state index contributed by atoms with van der Waals surface area (Å²) in [5, 5.41) is 3.19. The Kier molecular flexibility index (Phi) is 6.32. The van der Waals surface area contributed by atoms with Crippen LogP contribution in [0.4, 0.5) is 18.9 Å². The lowest BCUT2D eigenvalue weighted by molar-refractivity contribution is -0.143. The van der Waals surface area contributed by atoms with Crippen molar-refractivity contribution < 1.29 is 32.3 Å². The number of aromatic amines is 1. The minimum Gasteiger partial charge on any atom is -0.497 e. The maximum atomic E-state index is 13.7. The summed E-state index contributed by atoms with van der Waals surface area (Å²) in [5.41, 5.74) is 0.0148. The predicted molar refractivity (Wildman–Crippen MR) is 148 cm³/mol. The average molecular weight is 616 g/mol. The van der Waals surface area contributed by atoms with Gasteiger partial charge in [0.2, 0.25) is 17.7 Å². The van der Waals surface area contributed by atoms with Crippen molar-refractivity contribution in [3.63, 3.8) is 0 Å². The van der Waals surface area contributed by atoms with Crippen LogP contribution in [-0.4, -0.2) is 46.5 Å². The quantitative estimate of drug-likeness (QED) is 0.407. The van der Waals surface area contributed by atoms with E-state index in [2.05, 4.69) is 10.3 Å². The van der Waals surface area contributed by atoms with Gasteiger partial charge in [0.05, 0.1) is 29.5 Å². The van der Waals surface area contributed by atoms with E-state index in [1.165, 1.54) is 23.5 Å². The van der Waals surface area contributed by atoms with Crippen LogP contribution in [0.1, 0.15) is 28.3 Å². The van der Waals surface area contributed by atoms with Crippen molar-refractivity contribution in [3.8, 4) is 5.75 Å². The van der Waals surface area contributed by atoms with E-state index in [9.17, 15) is 32.3 Å². The Labute approximate surface area is 245 Å². The Morgan fingerprint density at radius 1 is 1.07 bits per heavy atom. The number of anilines is 1. The number of nitrogens with one attached hydrogen (secondary N) is 2. The number of hydrogen-bond donors (Lipinski definition) is 2. The van der Waals surface area contributed by atoms with Gasteiger partial charge in [0, 0.05) is 21.7 Å². The molecule has 2 saturated carbocycles. The average Bonchev–Trinajstić information content (AvgIpc) is 3.69. The fourth-order valence-electron chi connectivity index (χ4n) is 7.54. The van der Waals surface area contributed by atoms with E-state index in [4.69, 9.17) is 4.74 Å². The summed E-state index contributed by atoms with van der Waals surface area (Å²) in [6, 6.07) is 11.9. The SMILES string of the molecule is COc1ccc(C2c3sc(=O)[nH]c3SC3C4CC(C5C(=O)N(CC(=O)Nc6cccc(C(F)(F)F)c6)C(=O)C45)C23)cc1. The number of hydrogen-bond acceptors (Lipinski definition) is 7. The van der Waals surface area contributed by atoms with E-state index in [0.29, 0.717) is 12.2 Å². The van der Waals surface area contributed by atoms with Crippen molar-refractivity contribution in [3.05, 3.63) is 74.2 Å². The van der Waals surface area contributed by atoms with Crippen molar-refractivity contribution in [1.29, 1.82) is 0 Å². The lowest BCUT2D eigenvalue weighted by atomic mass is 9.68. The van der Waals surface area contributed by atoms with Gasteiger partial charge in [-0.1, -0.05) is 29.5 Å². The molecule has 0 spiro atoms. The fourth-order valence-corrected chi connectivity index (χ4v) is 10.4. The molecule has 7 rings (SSSR count). The summed E-state index contributed by atoms with van der Waals surface area (Å²) in [4.78, 5) is 57.2. The number of imide groups is 1. The van der Waals surface area contributed by atoms with Crippen molar-refractivity contribution in [2.24, 2.45) is 29.6 Å². The smallest absolute Gasteiger partial charge is 0.416 e. The van der Waals surface area contributed by atoms with Gasteiger partial charge in [0.1, 0.15) is 12.3 Å². The van der Waals surface area contributed by atoms with E-state index >= 15 is 0 Å². The Bertz CT molecular complexity index is 1670. The zero-order valence-electron chi connectivity index (χ0n) is 22.0. The number of amides is 3. The molecular formula is C29H24F3N3O5S2. The molecule has 13 heteroatoms. The van der Waals surface area contributed by atoms with E-state index < -0.39 is 47.8 Å². The minimum atomic E-state index is -4.58. The predicted octanol–water partition coefficient (Wildman–Crippen LogP) is 4.58. The van der Waals surface area contributed by atoms with E-state index in [1.54, 1.807) is 18.9 Å². The molecule has 1 aromatic heterocycles. The van der Waals surface area contributed by atoms with Crippen LogP contribution >= 0.6 is 23.1 Å². The standard InChI is InChI=1S/C29H24F3N3O5S2/c1-40-15-7-5-12(6-8-15)19-20-16-10-17(23(20)41-25-24(19)42-28(39)34-25)22-21(16)26(37)35(27(22)38)11-18(36)33-14-4-2-3-13(9-14)29(30,31)32/h2-9,16-17,19-23H,10-11H2,1H3,(H,33,36)(H,34,39). The third-order valence-corrected chi connectivity index (χ3v) is 11.7. The number of thiazole rings is 1. The molecule has 7 atom stereocenters. The maximum Gasteiger partial charge on any atom is 0.416 e. The van der Waals surface area contributed by atoms with Gasteiger partial charge in [-0.25, -0.2) is 0 Å². The molecule has 3 aromatic rings. The van der Waals surface area contributed by atoms with Crippen LogP contribution in [-0.2, 0) is 20.6 Å². The summed E-state index contributed by atoms with van der Waals surface area (Å²) < 4.78 is 44.6. The van der Waals surface area contributed by atoms with Crippen molar-refractivity contribution in [2.75, 3.05) is 19.0 Å². The topological polar surface area (TPSA) is 109 Å². The molecule has 7 unspecified atom stereocenters. The van der Waals surface area contributed by atoms with Gasteiger partial charge in [-0.05, 0) is 60.1 Å². The van der Waals surface area contributed by atoms with Crippen LogP contribution in [0.25, 0.3) is 0 Å². The molecule has 4 aliphatic rings. The van der Waals surface area contributed by atoms with Crippen molar-refractivity contribution in [1.82, 2.24) is 9.88 Å². The van der Waals surface area contributed by atoms with Crippen molar-refractivity contribution >= 4 is 46.5 Å². The number of carbonyl (C=O) groups is 3. The Hall–Kier alpha value is -3.58. The molecule has 218 valence electrons. The third-order valence-electron chi connectivity index (χ3n) is 9.07. The van der Waals surface area contributed by atoms with E-state index in [-0.39, 0.29) is 39.5 Å². The van der Waals surface area contributed by atoms with Crippen LogP contribution < -0.4 is 14.9 Å². The first-order valence-electron chi connectivity index (χ1n) is 13.4. The van der Waals surface area contributed by atoms with Gasteiger partial charge in [-0.2, -0.15) is 13.2 Å². The second-order valence-electron chi connectivity index (χ2n) is 11.1. The van der Waals surface area contributed by atoms with Gasteiger partial charge in [-0.3, -0.25) is 24.1 Å². The van der Waals surface area contributed by atoms with Gasteiger partial charge in [0.25, 0.3) is 0 Å². The second-order valence-corrected chi connectivity index (χ2v) is 13.3. The number of carbonyl (C=O) groups excluding carboxylic acids is 3. The number of thioether (sulfide) groups is 1. The minimum absolute atomic E-state index is 0.00302. The van der Waals surface area contributed by atoms with Gasteiger partial charge in [0.15, 0.2) is 0 Å². The van der Waals surface area contributed by atoms with Crippen LogP contribution in [0.5, 0.6) is 5.75 Å². The Morgan fingerprint density at radius 2 is 1.79 bits per heavy atom. The first kappa shape index (κ1) is 27.3. The molecule has 2 aromatic carbocycles. The van der Waals surface area contributed by atoms with Gasteiger partial charge in [-0.15, -0.1) is 11.8 Å². The highest BCUT2D eigenvalue weighted by atomic mass is 32.2. The Morgan fingerprint density at radius 3 is 2.48 bits per heavy atom. The van der Waals surface area contributed by atoms with E-state index in [1.807, 2.05) is 24.3 Å². The summed E-state index contributed by atoms with van der Waals surface area (Å²) >= 11 is 2.74. The molecule has 2 aliphatic heterocycles. The number of rotatable bonds is 5. The van der Waals surface area contributed by atoms with E-state index in [0.717, 1.165) is 32.5 Å². The summed E-state index contributed by atoms with van der Waals surface area (Å²) in [6.45, 7) is -0.564. The molecule has 0 radical (unpaired) electrons. The van der Waals surface area contributed by atoms with Gasteiger partial charge >= 0.3 is 11.0 Å². The zero-order valence-corrected chi connectivity index (χ0v) is 23.6. The third kappa shape index (κ3) is 4.19. The molecule has 42 heavy (non-hydrogen) atoms. The molecule has 1 saturated heterocycles. The highest BCUT2D eigenvalue weighted by Crippen LogP contribution is 2.68. The summed E-state index contributed by atoms with van der Waals surface area (Å²) in [5.74, 6) is -2.39. The van der Waals surface area contributed by atoms with Gasteiger partial charge < -0.3 is 15.0 Å². The number of H-pyrrole nitrogens is 1. The van der Waals surface area contributed by atoms with Crippen LogP contribution in [0, 0.1) is 29.6 Å². The fraction of sp³-hybridized carbons (Fsp3) is 0.379. The lowest BCUT2D eigenvalue weighted by Crippen LogP contribution is -2.42. The molecule has 3 heterocycles. The number of nitrogens with zero attached hydrogens (tertiary/aromatic N) is 1. The number of halogens is 3. The summed E-state index contributed by atoms with van der Waals surface area (Å²) in [6.07, 6.45) is -3.88. The monoisotopic (exact) mass is 615 g/mol. The Balaban J connectivity index is 1.15. The highest BCUT2D eigenvalue weighted by molar-refractivity contribution is 8.00. The molecular weight excluding hydrogens is 591 g/mol. The first-order valence-corrected chi connectivity index (χ1v) is 15.1. The molecule has 2 N–H and O–H groups in total. The molecule has 3 fully saturated rings. The molecule has 3 amide bonds. The molecule has 8 nitrogen and oxygen atoms in total. The number of fused-ring (bicyclic) bond motifs is 9. The number of ether oxygens (including phenoxy) is 1.